The Hall–Kier alpha value is -0.320. The van der Waals surface area contributed by atoms with Crippen LogP contribution in [0.5, 0.6) is 0 Å². The molecule has 0 saturated carbocycles. The molecule has 0 spiro atoms. The van der Waals surface area contributed by atoms with Gasteiger partial charge in [-0.15, -0.1) is 12.4 Å². The van der Waals surface area contributed by atoms with Crippen LogP contribution in [0.4, 0.5) is 0 Å². The van der Waals surface area contributed by atoms with Crippen LogP contribution >= 0.6 is 12.4 Å². The van der Waals surface area contributed by atoms with Gasteiger partial charge in [-0.25, -0.2) is 0 Å². The number of hydrogen-bond acceptors (Lipinski definition) is 3. The average Bonchev–Trinajstić information content (AvgIpc) is 2.32. The highest BCUT2D eigenvalue weighted by Gasteiger charge is 2.15. The lowest BCUT2D eigenvalue weighted by molar-refractivity contribution is -0.122. The van der Waals surface area contributed by atoms with Crippen molar-refractivity contribution in [2.75, 3.05) is 13.1 Å². The Morgan fingerprint density at radius 2 is 2.21 bits per heavy atom. The van der Waals surface area contributed by atoms with Crippen molar-refractivity contribution in [3.05, 3.63) is 0 Å². The van der Waals surface area contributed by atoms with E-state index in [1.54, 1.807) is 6.92 Å². The highest BCUT2D eigenvalue weighted by atomic mass is 35.5. The van der Waals surface area contributed by atoms with E-state index in [1.807, 2.05) is 0 Å². The normalized spacial score (nSPS) is 24.3. The second kappa shape index (κ2) is 7.04. The van der Waals surface area contributed by atoms with Crippen molar-refractivity contribution in [2.24, 2.45) is 5.73 Å². The molecule has 4 nitrogen and oxygen atoms in total. The predicted octanol–water partition coefficient (Wildman–Crippen LogP) is 0.0137. The third-order valence-electron chi connectivity index (χ3n) is 2.34. The quantitative estimate of drug-likeness (QED) is 0.616. The Morgan fingerprint density at radius 1 is 1.50 bits per heavy atom. The van der Waals surface area contributed by atoms with E-state index >= 15 is 0 Å². The molecule has 0 aromatic rings. The number of carbonyl (C=O) groups is 1. The minimum atomic E-state index is -0.392. The second-order valence-corrected chi connectivity index (χ2v) is 3.68. The van der Waals surface area contributed by atoms with E-state index in [1.165, 1.54) is 0 Å². The molecular weight excluding hydrogens is 202 g/mol. The van der Waals surface area contributed by atoms with Crippen molar-refractivity contribution in [3.63, 3.8) is 0 Å². The first kappa shape index (κ1) is 13.7. The maximum Gasteiger partial charge on any atom is 0.236 e. The summed E-state index contributed by atoms with van der Waals surface area (Å²) in [5.74, 6) is -0.0353. The lowest BCUT2D eigenvalue weighted by Gasteiger charge is -2.17. The van der Waals surface area contributed by atoms with Gasteiger partial charge in [-0.1, -0.05) is 0 Å². The smallest absolute Gasteiger partial charge is 0.236 e. The van der Waals surface area contributed by atoms with Crippen LogP contribution in [0.15, 0.2) is 0 Å². The summed E-state index contributed by atoms with van der Waals surface area (Å²) in [6.07, 6.45) is 3.20. The largest absolute Gasteiger partial charge is 0.352 e. The van der Waals surface area contributed by atoms with Gasteiger partial charge in [-0.05, 0) is 39.3 Å². The first-order valence-corrected chi connectivity index (χ1v) is 4.97. The van der Waals surface area contributed by atoms with E-state index in [0.717, 1.165) is 32.4 Å². The molecule has 1 fully saturated rings. The standard InChI is InChI=1S/C9H19N3O.ClH/c1-7(10)9(13)12-8-3-2-5-11-6-4-8;/h7-8,11H,2-6,10H2,1H3,(H,12,13);1H/t7-,8?;/m0./s1. The zero-order valence-electron chi connectivity index (χ0n) is 8.58. The summed E-state index contributed by atoms with van der Waals surface area (Å²) in [5, 5.41) is 6.25. The second-order valence-electron chi connectivity index (χ2n) is 3.68. The van der Waals surface area contributed by atoms with Gasteiger partial charge in [-0.3, -0.25) is 4.79 Å². The molecule has 4 N–H and O–H groups in total. The summed E-state index contributed by atoms with van der Waals surface area (Å²) in [4.78, 5) is 11.3. The van der Waals surface area contributed by atoms with Crippen molar-refractivity contribution < 1.29 is 4.79 Å². The number of nitrogens with two attached hydrogens (primary N) is 1. The summed E-state index contributed by atoms with van der Waals surface area (Å²) in [6.45, 7) is 3.76. The Labute approximate surface area is 91.4 Å². The van der Waals surface area contributed by atoms with E-state index in [0.29, 0.717) is 6.04 Å². The van der Waals surface area contributed by atoms with Gasteiger partial charge in [0.25, 0.3) is 0 Å². The van der Waals surface area contributed by atoms with Crippen LogP contribution in [0, 0.1) is 0 Å². The molecule has 0 radical (unpaired) electrons. The SMILES string of the molecule is C[C@H](N)C(=O)NC1CCCNCC1.Cl. The minimum Gasteiger partial charge on any atom is -0.352 e. The summed E-state index contributed by atoms with van der Waals surface area (Å²) >= 11 is 0. The molecule has 5 heteroatoms. The molecule has 0 aliphatic carbocycles. The average molecular weight is 222 g/mol. The van der Waals surface area contributed by atoms with Crippen LogP contribution in [-0.4, -0.2) is 31.1 Å². The number of hydrogen-bond donors (Lipinski definition) is 3. The summed E-state index contributed by atoms with van der Waals surface area (Å²) < 4.78 is 0. The van der Waals surface area contributed by atoms with E-state index in [2.05, 4.69) is 10.6 Å². The van der Waals surface area contributed by atoms with Gasteiger partial charge in [0.2, 0.25) is 5.91 Å². The molecule has 0 aromatic heterocycles. The van der Waals surface area contributed by atoms with Crippen molar-refractivity contribution in [3.8, 4) is 0 Å². The van der Waals surface area contributed by atoms with E-state index in [-0.39, 0.29) is 18.3 Å². The van der Waals surface area contributed by atoms with Gasteiger partial charge in [0.15, 0.2) is 0 Å². The first-order valence-electron chi connectivity index (χ1n) is 4.97. The summed E-state index contributed by atoms with van der Waals surface area (Å²) in [5.41, 5.74) is 5.46. The molecule has 1 unspecified atom stereocenters. The van der Waals surface area contributed by atoms with E-state index in [4.69, 9.17) is 5.73 Å². The van der Waals surface area contributed by atoms with Crippen LogP contribution in [0.2, 0.25) is 0 Å². The Bertz CT molecular complexity index is 167. The molecule has 84 valence electrons. The highest BCUT2D eigenvalue weighted by Crippen LogP contribution is 2.04. The molecule has 1 heterocycles. The van der Waals surface area contributed by atoms with E-state index < -0.39 is 6.04 Å². The Morgan fingerprint density at radius 3 is 2.86 bits per heavy atom. The lowest BCUT2D eigenvalue weighted by Crippen LogP contribution is -2.44. The summed E-state index contributed by atoms with van der Waals surface area (Å²) in [6, 6.07) is -0.0790. The van der Waals surface area contributed by atoms with Gasteiger partial charge in [-0.2, -0.15) is 0 Å². The van der Waals surface area contributed by atoms with Gasteiger partial charge in [0.05, 0.1) is 6.04 Å². The lowest BCUT2D eigenvalue weighted by atomic mass is 10.1. The third-order valence-corrected chi connectivity index (χ3v) is 2.34. The molecule has 1 saturated heterocycles. The van der Waals surface area contributed by atoms with Crippen molar-refractivity contribution in [1.29, 1.82) is 0 Å². The van der Waals surface area contributed by atoms with Crippen LogP contribution in [0.25, 0.3) is 0 Å². The summed E-state index contributed by atoms with van der Waals surface area (Å²) in [7, 11) is 0. The minimum absolute atomic E-state index is 0. The first-order chi connectivity index (χ1) is 6.20. The highest BCUT2D eigenvalue weighted by molar-refractivity contribution is 5.85. The maximum absolute atomic E-state index is 11.3. The van der Waals surface area contributed by atoms with Crippen LogP contribution in [0.3, 0.4) is 0 Å². The molecule has 1 aliphatic rings. The molecule has 14 heavy (non-hydrogen) atoms. The molecule has 0 bridgehead atoms. The zero-order valence-corrected chi connectivity index (χ0v) is 9.40. The van der Waals surface area contributed by atoms with Crippen molar-refractivity contribution in [1.82, 2.24) is 10.6 Å². The number of nitrogens with one attached hydrogen (secondary N) is 2. The number of halogens is 1. The van der Waals surface area contributed by atoms with Crippen LogP contribution in [0.1, 0.15) is 26.2 Å². The van der Waals surface area contributed by atoms with Crippen molar-refractivity contribution >= 4 is 18.3 Å². The molecule has 1 amide bonds. The van der Waals surface area contributed by atoms with Crippen LogP contribution in [-0.2, 0) is 4.79 Å². The molecular formula is C9H20ClN3O. The molecule has 0 aromatic carbocycles. The Kier molecular flexibility index (Phi) is 6.87. The zero-order chi connectivity index (χ0) is 9.68. The van der Waals surface area contributed by atoms with Gasteiger partial charge >= 0.3 is 0 Å². The Balaban J connectivity index is 0.00000169. The number of carbonyl (C=O) groups excluding carboxylic acids is 1. The van der Waals surface area contributed by atoms with Crippen molar-refractivity contribution in [2.45, 2.75) is 38.3 Å². The fourth-order valence-electron chi connectivity index (χ4n) is 1.50. The monoisotopic (exact) mass is 221 g/mol. The molecule has 1 aliphatic heterocycles. The number of amides is 1. The molecule has 1 rings (SSSR count). The third kappa shape index (κ3) is 4.79. The topological polar surface area (TPSA) is 67.2 Å². The number of rotatable bonds is 2. The molecule has 2 atom stereocenters. The fourth-order valence-corrected chi connectivity index (χ4v) is 1.50. The van der Waals surface area contributed by atoms with E-state index in [9.17, 15) is 4.79 Å². The predicted molar refractivity (Wildman–Crippen MR) is 59.5 cm³/mol. The van der Waals surface area contributed by atoms with Gasteiger partial charge in [0, 0.05) is 6.04 Å². The van der Waals surface area contributed by atoms with Gasteiger partial charge in [0.1, 0.15) is 0 Å². The van der Waals surface area contributed by atoms with Gasteiger partial charge < -0.3 is 16.4 Å². The maximum atomic E-state index is 11.3. The fraction of sp³-hybridized carbons (Fsp3) is 0.889. The van der Waals surface area contributed by atoms with Crippen LogP contribution < -0.4 is 16.4 Å².